The van der Waals surface area contributed by atoms with Crippen LogP contribution in [0.1, 0.15) is 252 Å². The van der Waals surface area contributed by atoms with E-state index in [1.807, 2.05) is 0 Å². The lowest BCUT2D eigenvalue weighted by atomic mass is 10.0. The van der Waals surface area contributed by atoms with E-state index in [0.29, 0.717) is 19.3 Å². The van der Waals surface area contributed by atoms with Crippen molar-refractivity contribution in [2.24, 2.45) is 0 Å². The molecule has 0 saturated heterocycles. The van der Waals surface area contributed by atoms with Crippen LogP contribution in [0.3, 0.4) is 0 Å². The Kier molecular flexibility index (Phi) is 50.4. The van der Waals surface area contributed by atoms with Gasteiger partial charge in [0.25, 0.3) is 0 Å². The molecule has 0 N–H and O–H groups in total. The molecule has 0 aromatic heterocycles. The minimum atomic E-state index is -0.779. The molecule has 0 radical (unpaired) electrons. The molecule has 1 unspecified atom stereocenters. The third-order valence-electron chi connectivity index (χ3n) is 11.4. The lowest BCUT2D eigenvalue weighted by molar-refractivity contribution is -0.167. The van der Waals surface area contributed by atoms with E-state index in [2.05, 4.69) is 106 Å². The molecular weight excluding hydrogens is 805 g/mol. The largest absolute Gasteiger partial charge is 0.462 e. The third-order valence-corrected chi connectivity index (χ3v) is 11.4. The minimum Gasteiger partial charge on any atom is -0.462 e. The van der Waals surface area contributed by atoms with Crippen LogP contribution in [0.2, 0.25) is 0 Å². The molecule has 1 atom stereocenters. The number of unbranched alkanes of at least 4 members (excludes halogenated alkanes) is 23. The Balaban J connectivity index is 4.19. The highest BCUT2D eigenvalue weighted by Gasteiger charge is 2.19. The van der Waals surface area contributed by atoms with Gasteiger partial charge in [-0.25, -0.2) is 0 Å². The number of hydrogen-bond donors (Lipinski definition) is 0. The Labute approximate surface area is 401 Å². The van der Waals surface area contributed by atoms with Crippen molar-refractivity contribution in [3.05, 3.63) is 85.1 Å². The van der Waals surface area contributed by atoms with Gasteiger partial charge in [-0.15, -0.1) is 0 Å². The topological polar surface area (TPSA) is 78.9 Å². The Hall–Kier alpha value is -3.41. The average molecular weight is 905 g/mol. The van der Waals surface area contributed by atoms with Crippen molar-refractivity contribution < 1.29 is 28.6 Å². The van der Waals surface area contributed by atoms with Crippen LogP contribution in [0.25, 0.3) is 0 Å². The molecule has 0 amide bonds. The number of rotatable bonds is 48. The van der Waals surface area contributed by atoms with E-state index in [9.17, 15) is 14.4 Å². The first-order chi connectivity index (χ1) is 32.0. The normalized spacial score (nSPS) is 12.7. The van der Waals surface area contributed by atoms with Gasteiger partial charge in [-0.2, -0.15) is 0 Å². The monoisotopic (exact) mass is 905 g/mol. The van der Waals surface area contributed by atoms with Gasteiger partial charge in [-0.05, 0) is 77.0 Å². The number of allylic oxidation sites excluding steroid dienone is 14. The number of esters is 3. The molecule has 0 heterocycles. The summed E-state index contributed by atoms with van der Waals surface area (Å²) in [6, 6.07) is 0. The lowest BCUT2D eigenvalue weighted by Gasteiger charge is -2.18. The summed E-state index contributed by atoms with van der Waals surface area (Å²) in [6.07, 6.45) is 68.8. The highest BCUT2D eigenvalue weighted by atomic mass is 16.6. The molecule has 0 spiro atoms. The van der Waals surface area contributed by atoms with Gasteiger partial charge >= 0.3 is 17.9 Å². The maximum absolute atomic E-state index is 12.7. The number of carbonyl (C=O) groups is 3. The van der Waals surface area contributed by atoms with Gasteiger partial charge in [0.05, 0.1) is 0 Å². The van der Waals surface area contributed by atoms with Crippen molar-refractivity contribution in [3.63, 3.8) is 0 Å². The zero-order valence-electron chi connectivity index (χ0n) is 42.5. The van der Waals surface area contributed by atoms with E-state index in [-0.39, 0.29) is 31.1 Å². The van der Waals surface area contributed by atoms with Crippen LogP contribution in [0.15, 0.2) is 85.1 Å². The Morgan fingerprint density at radius 3 is 0.938 bits per heavy atom. The molecule has 6 heteroatoms. The predicted molar refractivity (Wildman–Crippen MR) is 279 cm³/mol. The maximum Gasteiger partial charge on any atom is 0.306 e. The molecule has 372 valence electrons. The first-order valence-electron chi connectivity index (χ1n) is 27.1. The van der Waals surface area contributed by atoms with Crippen molar-refractivity contribution in [2.45, 2.75) is 258 Å². The first-order valence-corrected chi connectivity index (χ1v) is 27.1. The fourth-order valence-corrected chi connectivity index (χ4v) is 7.36. The molecule has 65 heavy (non-hydrogen) atoms. The fourth-order valence-electron chi connectivity index (χ4n) is 7.36. The van der Waals surface area contributed by atoms with Crippen molar-refractivity contribution in [2.75, 3.05) is 13.2 Å². The molecule has 0 fully saturated rings. The van der Waals surface area contributed by atoms with Gasteiger partial charge < -0.3 is 14.2 Å². The summed E-state index contributed by atoms with van der Waals surface area (Å²) < 4.78 is 16.7. The number of hydrogen-bond acceptors (Lipinski definition) is 6. The zero-order valence-corrected chi connectivity index (χ0v) is 42.5. The Bertz CT molecular complexity index is 1270. The fraction of sp³-hybridized carbons (Fsp3) is 0.712. The van der Waals surface area contributed by atoms with E-state index < -0.39 is 6.10 Å². The molecule has 0 aliphatic rings. The third kappa shape index (κ3) is 51.4. The zero-order chi connectivity index (χ0) is 47.2. The second kappa shape index (κ2) is 53.2. The summed E-state index contributed by atoms with van der Waals surface area (Å²) in [5.74, 6) is -0.908. The van der Waals surface area contributed by atoms with E-state index in [1.165, 1.54) is 89.9 Å². The summed E-state index contributed by atoms with van der Waals surface area (Å²) in [5.41, 5.74) is 0. The first kappa shape index (κ1) is 61.6. The molecule has 0 bridgehead atoms. The number of carbonyl (C=O) groups excluding carboxylic acids is 3. The molecule has 0 aromatic carbocycles. The minimum absolute atomic E-state index is 0.0811. The van der Waals surface area contributed by atoms with Crippen LogP contribution in [0.4, 0.5) is 0 Å². The molecule has 0 aromatic rings. The van der Waals surface area contributed by atoms with Crippen molar-refractivity contribution in [1.29, 1.82) is 0 Å². The number of ether oxygens (including phenoxy) is 3. The predicted octanol–water partition coefficient (Wildman–Crippen LogP) is 18.0. The van der Waals surface area contributed by atoms with Gasteiger partial charge in [-0.1, -0.05) is 241 Å². The van der Waals surface area contributed by atoms with Crippen molar-refractivity contribution in [1.82, 2.24) is 0 Å². The van der Waals surface area contributed by atoms with Gasteiger partial charge in [0.1, 0.15) is 13.2 Å². The summed E-state index contributed by atoms with van der Waals surface area (Å²) in [7, 11) is 0. The molecule has 0 rings (SSSR count). The lowest BCUT2D eigenvalue weighted by Crippen LogP contribution is -2.30. The second-order valence-corrected chi connectivity index (χ2v) is 17.8. The highest BCUT2D eigenvalue weighted by Crippen LogP contribution is 2.15. The average Bonchev–Trinajstić information content (AvgIpc) is 3.30. The van der Waals surface area contributed by atoms with Crippen LogP contribution >= 0.6 is 0 Å². The second-order valence-electron chi connectivity index (χ2n) is 17.8. The van der Waals surface area contributed by atoms with Crippen LogP contribution < -0.4 is 0 Å². The summed E-state index contributed by atoms with van der Waals surface area (Å²) in [6.45, 7) is 6.45. The standard InChI is InChI=1S/C59H100O6/c1-4-7-10-13-16-18-20-22-24-25-26-27-28-29-30-31-32-33-34-35-36-38-39-41-43-46-49-52-58(61)64-55-56(54-63-57(60)51-48-45-15-12-9-6-3)65-59(62)53-50-47-44-42-40-37-23-21-19-17-14-11-8-5-2/h7,10,16,18,22,24,26-27,29-30,32-33,35-36,56H,4-6,8-9,11-15,17,19-21,23,25,28,31,34,37-55H2,1-3H3/b10-7-,18-16-,24-22-,27-26-,30-29-,33-32-,36-35-. The van der Waals surface area contributed by atoms with E-state index in [1.54, 1.807) is 0 Å². The maximum atomic E-state index is 12.7. The quantitative estimate of drug-likeness (QED) is 0.0262. The van der Waals surface area contributed by atoms with Crippen molar-refractivity contribution in [3.8, 4) is 0 Å². The van der Waals surface area contributed by atoms with Crippen molar-refractivity contribution >= 4 is 17.9 Å². The molecular formula is C59H100O6. The van der Waals surface area contributed by atoms with Gasteiger partial charge in [0.2, 0.25) is 0 Å². The van der Waals surface area contributed by atoms with Crippen LogP contribution in [0.5, 0.6) is 0 Å². The van der Waals surface area contributed by atoms with Gasteiger partial charge in [0.15, 0.2) is 6.10 Å². The Morgan fingerprint density at radius 1 is 0.323 bits per heavy atom. The van der Waals surface area contributed by atoms with E-state index in [4.69, 9.17) is 14.2 Å². The van der Waals surface area contributed by atoms with Crippen LogP contribution in [-0.2, 0) is 28.6 Å². The molecule has 0 aliphatic carbocycles. The van der Waals surface area contributed by atoms with Crippen LogP contribution in [0, 0.1) is 0 Å². The SMILES string of the molecule is CC/C=C\C/C=C\C/C=C\C/C=C\C/C=C\C/C=C\C/C=C\CCCCCCCC(=O)OCC(COC(=O)CCCCCCCC)OC(=O)CCCCCCCCCCCCCCCC. The molecule has 6 nitrogen and oxygen atoms in total. The molecule has 0 aliphatic heterocycles. The van der Waals surface area contributed by atoms with E-state index in [0.717, 1.165) is 122 Å². The van der Waals surface area contributed by atoms with Gasteiger partial charge in [-0.3, -0.25) is 14.4 Å². The highest BCUT2D eigenvalue weighted by molar-refractivity contribution is 5.71. The van der Waals surface area contributed by atoms with E-state index >= 15 is 0 Å². The Morgan fingerprint density at radius 2 is 0.600 bits per heavy atom. The smallest absolute Gasteiger partial charge is 0.306 e. The summed E-state index contributed by atoms with van der Waals surface area (Å²) in [5, 5.41) is 0. The summed E-state index contributed by atoms with van der Waals surface area (Å²) in [4.78, 5) is 37.8. The summed E-state index contributed by atoms with van der Waals surface area (Å²) >= 11 is 0. The van der Waals surface area contributed by atoms with Crippen LogP contribution in [-0.4, -0.2) is 37.2 Å². The van der Waals surface area contributed by atoms with Gasteiger partial charge in [0, 0.05) is 19.3 Å². The molecule has 0 saturated carbocycles.